The third kappa shape index (κ3) is 2.80. The fourth-order valence-electron chi connectivity index (χ4n) is 4.45. The van der Waals surface area contributed by atoms with Crippen LogP contribution in [0.25, 0.3) is 20.4 Å². The normalized spacial score (nSPS) is 17.6. The van der Waals surface area contributed by atoms with Gasteiger partial charge < -0.3 is 4.90 Å². The van der Waals surface area contributed by atoms with Gasteiger partial charge in [0, 0.05) is 31.1 Å². The smallest absolute Gasteiger partial charge is 0.141 e. The molecule has 0 unspecified atom stereocenters. The number of hydrogen-bond donors (Lipinski definition) is 0. The molecule has 0 atom stereocenters. The van der Waals surface area contributed by atoms with Crippen LogP contribution in [0.15, 0.2) is 30.6 Å². The fourth-order valence-corrected chi connectivity index (χ4v) is 6.68. The van der Waals surface area contributed by atoms with E-state index in [2.05, 4.69) is 39.0 Å². The highest BCUT2D eigenvalue weighted by Crippen LogP contribution is 2.40. The summed E-state index contributed by atoms with van der Waals surface area (Å²) >= 11 is 3.69. The number of nitrogens with zero attached hydrogens (tertiary/aromatic N) is 5. The Hall–Kier alpha value is -2.09. The van der Waals surface area contributed by atoms with Gasteiger partial charge in [-0.3, -0.25) is 4.90 Å². The molecule has 1 saturated heterocycles. The molecule has 0 bridgehead atoms. The van der Waals surface area contributed by atoms with Crippen molar-refractivity contribution in [2.45, 2.75) is 25.8 Å². The summed E-state index contributed by atoms with van der Waals surface area (Å²) < 4.78 is 1.28. The molecule has 1 fully saturated rings. The van der Waals surface area contributed by atoms with Gasteiger partial charge in [0.1, 0.15) is 22.0 Å². The zero-order valence-corrected chi connectivity index (χ0v) is 17.2. The van der Waals surface area contributed by atoms with Gasteiger partial charge in [0.2, 0.25) is 0 Å². The van der Waals surface area contributed by atoms with Crippen LogP contribution in [0.1, 0.15) is 21.9 Å². The van der Waals surface area contributed by atoms with Gasteiger partial charge in [0.25, 0.3) is 0 Å². The van der Waals surface area contributed by atoms with E-state index < -0.39 is 0 Å². The van der Waals surface area contributed by atoms with Crippen molar-refractivity contribution in [3.05, 3.63) is 46.0 Å². The molecule has 2 aliphatic rings. The van der Waals surface area contributed by atoms with Crippen LogP contribution in [0.5, 0.6) is 0 Å². The molecule has 4 aromatic rings. The first-order valence-electron chi connectivity index (χ1n) is 9.92. The van der Waals surface area contributed by atoms with Crippen molar-refractivity contribution in [2.75, 3.05) is 31.1 Å². The van der Waals surface area contributed by atoms with Crippen molar-refractivity contribution in [3.63, 3.8) is 0 Å². The van der Waals surface area contributed by atoms with Crippen molar-refractivity contribution in [1.82, 2.24) is 19.9 Å². The maximum atomic E-state index is 4.80. The Morgan fingerprint density at radius 1 is 0.964 bits per heavy atom. The van der Waals surface area contributed by atoms with Gasteiger partial charge >= 0.3 is 0 Å². The first-order valence-corrected chi connectivity index (χ1v) is 11.6. The van der Waals surface area contributed by atoms with E-state index in [1.54, 1.807) is 6.33 Å². The number of anilines is 1. The Morgan fingerprint density at radius 3 is 2.75 bits per heavy atom. The SMILES string of the molecule is c1ccc2sc(CN3CCN(c4ncnc5sc6c(c45)CCC6)CC3)nc2c1. The summed E-state index contributed by atoms with van der Waals surface area (Å²) in [5.41, 5.74) is 2.64. The average Bonchev–Trinajstić information content (AvgIpc) is 3.41. The van der Waals surface area contributed by atoms with E-state index >= 15 is 0 Å². The molecule has 1 aromatic carbocycles. The van der Waals surface area contributed by atoms with Crippen LogP contribution in [0.4, 0.5) is 5.82 Å². The molecule has 28 heavy (non-hydrogen) atoms. The van der Waals surface area contributed by atoms with E-state index in [-0.39, 0.29) is 0 Å². The third-order valence-electron chi connectivity index (χ3n) is 5.85. The first-order chi connectivity index (χ1) is 13.8. The number of thiazole rings is 1. The lowest BCUT2D eigenvalue weighted by atomic mass is 10.1. The molecule has 1 aliphatic heterocycles. The van der Waals surface area contributed by atoms with Crippen LogP contribution in [0, 0.1) is 0 Å². The largest absolute Gasteiger partial charge is 0.353 e. The summed E-state index contributed by atoms with van der Waals surface area (Å²) in [7, 11) is 0. The minimum atomic E-state index is 0.945. The number of para-hydroxylation sites is 1. The monoisotopic (exact) mass is 407 g/mol. The van der Waals surface area contributed by atoms with E-state index in [1.165, 1.54) is 49.6 Å². The van der Waals surface area contributed by atoms with Crippen LogP contribution in [0.2, 0.25) is 0 Å². The van der Waals surface area contributed by atoms with Crippen LogP contribution >= 0.6 is 22.7 Å². The van der Waals surface area contributed by atoms with E-state index in [9.17, 15) is 0 Å². The van der Waals surface area contributed by atoms with Crippen molar-refractivity contribution in [3.8, 4) is 0 Å². The number of hydrogen-bond acceptors (Lipinski definition) is 7. The Morgan fingerprint density at radius 2 is 1.86 bits per heavy atom. The van der Waals surface area contributed by atoms with Crippen molar-refractivity contribution >= 4 is 48.9 Å². The maximum Gasteiger partial charge on any atom is 0.141 e. The minimum absolute atomic E-state index is 0.945. The van der Waals surface area contributed by atoms with E-state index in [4.69, 9.17) is 9.97 Å². The zero-order chi connectivity index (χ0) is 18.5. The highest BCUT2D eigenvalue weighted by molar-refractivity contribution is 7.19. The van der Waals surface area contributed by atoms with Crippen molar-refractivity contribution in [2.24, 2.45) is 0 Å². The molecule has 6 rings (SSSR count). The molecule has 0 amide bonds. The van der Waals surface area contributed by atoms with Crippen LogP contribution in [0.3, 0.4) is 0 Å². The minimum Gasteiger partial charge on any atom is -0.353 e. The number of thiophene rings is 1. The highest BCUT2D eigenvalue weighted by Gasteiger charge is 2.26. The lowest BCUT2D eigenvalue weighted by Crippen LogP contribution is -2.46. The summed E-state index contributed by atoms with van der Waals surface area (Å²) in [4.78, 5) is 21.8. The predicted molar refractivity (Wildman–Crippen MR) is 117 cm³/mol. The number of aryl methyl sites for hydroxylation is 2. The predicted octanol–water partition coefficient (Wildman–Crippen LogP) is 4.11. The Labute approximate surface area is 171 Å². The molecule has 7 heteroatoms. The van der Waals surface area contributed by atoms with E-state index in [1.807, 2.05) is 22.7 Å². The number of aromatic nitrogens is 3. The second-order valence-corrected chi connectivity index (χ2v) is 9.77. The second-order valence-electron chi connectivity index (χ2n) is 7.57. The molecule has 3 aromatic heterocycles. The van der Waals surface area contributed by atoms with Crippen molar-refractivity contribution in [1.29, 1.82) is 0 Å². The second kappa shape index (κ2) is 6.76. The molecule has 0 saturated carbocycles. The number of fused-ring (bicyclic) bond motifs is 4. The van der Waals surface area contributed by atoms with Gasteiger partial charge in [-0.2, -0.15) is 0 Å². The Bertz CT molecular complexity index is 1120. The quantitative estimate of drug-likeness (QED) is 0.511. The molecule has 0 radical (unpaired) electrons. The summed E-state index contributed by atoms with van der Waals surface area (Å²) in [6.07, 6.45) is 5.43. The highest BCUT2D eigenvalue weighted by atomic mass is 32.1. The van der Waals surface area contributed by atoms with Gasteiger partial charge in [-0.1, -0.05) is 12.1 Å². The number of benzene rings is 1. The summed E-state index contributed by atoms with van der Waals surface area (Å²) in [6, 6.07) is 8.42. The molecule has 0 N–H and O–H groups in total. The average molecular weight is 408 g/mol. The van der Waals surface area contributed by atoms with Crippen molar-refractivity contribution < 1.29 is 0 Å². The standard InChI is InChI=1S/C21H21N5S2/c1-2-6-17-15(5-1)24-18(27-17)12-25-8-10-26(11-9-25)20-19-14-4-3-7-16(14)28-21(19)23-13-22-20/h1-2,5-6,13H,3-4,7-12H2. The van der Waals surface area contributed by atoms with Gasteiger partial charge in [-0.25, -0.2) is 15.0 Å². The lowest BCUT2D eigenvalue weighted by Gasteiger charge is -2.35. The Kier molecular flexibility index (Phi) is 4.06. The molecule has 1 aliphatic carbocycles. The number of piperazine rings is 1. The summed E-state index contributed by atoms with van der Waals surface area (Å²) in [6.45, 7) is 5.07. The molecule has 5 nitrogen and oxygen atoms in total. The zero-order valence-electron chi connectivity index (χ0n) is 15.6. The number of rotatable bonds is 3. The molecule has 0 spiro atoms. The van der Waals surface area contributed by atoms with Crippen LogP contribution in [-0.2, 0) is 19.4 Å². The Balaban J connectivity index is 1.20. The van der Waals surface area contributed by atoms with Gasteiger partial charge in [-0.15, -0.1) is 22.7 Å². The summed E-state index contributed by atoms with van der Waals surface area (Å²) in [5.74, 6) is 1.16. The van der Waals surface area contributed by atoms with E-state index in [0.717, 1.165) is 44.1 Å². The lowest BCUT2D eigenvalue weighted by molar-refractivity contribution is 0.249. The topological polar surface area (TPSA) is 45.2 Å². The molecular formula is C21H21N5S2. The summed E-state index contributed by atoms with van der Waals surface area (Å²) in [5, 5.41) is 2.55. The molecule has 142 valence electrons. The van der Waals surface area contributed by atoms with Gasteiger partial charge in [0.15, 0.2) is 0 Å². The maximum absolute atomic E-state index is 4.80. The van der Waals surface area contributed by atoms with Crippen LogP contribution in [-0.4, -0.2) is 46.0 Å². The third-order valence-corrected chi connectivity index (χ3v) is 8.07. The van der Waals surface area contributed by atoms with Gasteiger partial charge in [0.05, 0.1) is 22.1 Å². The van der Waals surface area contributed by atoms with E-state index in [0.29, 0.717) is 0 Å². The van der Waals surface area contributed by atoms with Crippen LogP contribution < -0.4 is 4.90 Å². The molecule has 4 heterocycles. The van der Waals surface area contributed by atoms with Gasteiger partial charge in [-0.05, 0) is 37.0 Å². The fraction of sp³-hybridized carbons (Fsp3) is 0.381. The first kappa shape index (κ1) is 16.8. The molecular weight excluding hydrogens is 386 g/mol.